The summed E-state index contributed by atoms with van der Waals surface area (Å²) in [5.41, 5.74) is 6.28. The number of nitrogens with two attached hydrogens (primary N) is 1. The van der Waals surface area contributed by atoms with Gasteiger partial charge in [-0.25, -0.2) is 0 Å². The second-order valence-electron chi connectivity index (χ2n) is 6.29. The molecule has 1 fully saturated rings. The van der Waals surface area contributed by atoms with Crippen LogP contribution < -0.4 is 5.73 Å². The Morgan fingerprint density at radius 3 is 3.04 bits per heavy atom. The molecule has 0 spiro atoms. The predicted octanol–water partition coefficient (Wildman–Crippen LogP) is 2.52. The van der Waals surface area contributed by atoms with E-state index in [9.17, 15) is 4.79 Å². The highest BCUT2D eigenvalue weighted by atomic mass is 35.5. The minimum Gasteiger partial charge on any atom is -0.369 e. The van der Waals surface area contributed by atoms with Crippen LogP contribution in [0.15, 0.2) is 28.8 Å². The fourth-order valence-electron chi connectivity index (χ4n) is 3.06. The van der Waals surface area contributed by atoms with Crippen LogP contribution in [-0.2, 0) is 11.2 Å². The molecule has 3 rings (SSSR count). The molecule has 0 radical (unpaired) electrons. The van der Waals surface area contributed by atoms with Crippen molar-refractivity contribution in [3.63, 3.8) is 0 Å². The number of hydrogen-bond acceptors (Lipinski definition) is 5. The van der Waals surface area contributed by atoms with Gasteiger partial charge in [0.25, 0.3) is 0 Å². The molecule has 2 aromatic rings. The summed E-state index contributed by atoms with van der Waals surface area (Å²) in [6.07, 6.45) is 2.49. The summed E-state index contributed by atoms with van der Waals surface area (Å²) in [5, 5.41) is 4.65. The zero-order valence-electron chi connectivity index (χ0n) is 13.6. The van der Waals surface area contributed by atoms with Gasteiger partial charge in [-0.05, 0) is 31.9 Å². The van der Waals surface area contributed by atoms with E-state index in [4.69, 9.17) is 21.9 Å². The average molecular weight is 349 g/mol. The van der Waals surface area contributed by atoms with Crippen LogP contribution in [-0.4, -0.2) is 40.1 Å². The van der Waals surface area contributed by atoms with Crippen LogP contribution in [0, 0.1) is 5.92 Å². The van der Waals surface area contributed by atoms with Crippen LogP contribution in [0.1, 0.15) is 25.7 Å². The van der Waals surface area contributed by atoms with Gasteiger partial charge in [0.15, 0.2) is 0 Å². The second-order valence-corrected chi connectivity index (χ2v) is 6.73. The third-order valence-corrected chi connectivity index (χ3v) is 4.81. The third kappa shape index (κ3) is 3.94. The fraction of sp³-hybridized carbons (Fsp3) is 0.471. The average Bonchev–Trinajstić information content (AvgIpc) is 3.03. The number of rotatable bonds is 5. The van der Waals surface area contributed by atoms with Gasteiger partial charge in [-0.1, -0.05) is 28.9 Å². The van der Waals surface area contributed by atoms with Crippen LogP contribution in [0.2, 0.25) is 5.02 Å². The molecule has 1 aliphatic rings. The number of nitrogens with zero attached hydrogens (tertiary/aromatic N) is 3. The monoisotopic (exact) mass is 348 g/mol. The Balaban J connectivity index is 1.62. The summed E-state index contributed by atoms with van der Waals surface area (Å²) in [4.78, 5) is 18.1. The number of primary amides is 1. The Morgan fingerprint density at radius 2 is 2.29 bits per heavy atom. The van der Waals surface area contributed by atoms with Crippen LogP contribution in [0.4, 0.5) is 0 Å². The Bertz CT molecular complexity index is 718. The van der Waals surface area contributed by atoms with Gasteiger partial charge in [0.05, 0.1) is 5.92 Å². The van der Waals surface area contributed by atoms with Crippen molar-refractivity contribution >= 4 is 17.5 Å². The van der Waals surface area contributed by atoms with E-state index < -0.39 is 0 Å². The highest BCUT2D eigenvalue weighted by molar-refractivity contribution is 6.30. The third-order valence-electron chi connectivity index (χ3n) is 4.58. The van der Waals surface area contributed by atoms with Gasteiger partial charge < -0.3 is 10.3 Å². The summed E-state index contributed by atoms with van der Waals surface area (Å²) < 4.78 is 5.34. The van der Waals surface area contributed by atoms with Crippen molar-refractivity contribution in [1.82, 2.24) is 15.0 Å². The van der Waals surface area contributed by atoms with Crippen molar-refractivity contribution in [2.24, 2.45) is 11.7 Å². The largest absolute Gasteiger partial charge is 0.369 e. The van der Waals surface area contributed by atoms with E-state index in [-0.39, 0.29) is 11.8 Å². The van der Waals surface area contributed by atoms with Crippen LogP contribution in [0.5, 0.6) is 0 Å². The van der Waals surface area contributed by atoms with Gasteiger partial charge in [-0.2, -0.15) is 4.98 Å². The summed E-state index contributed by atoms with van der Waals surface area (Å²) in [6, 6.07) is 7.78. The molecule has 1 aliphatic heterocycles. The number of aromatic nitrogens is 2. The molecule has 6 nitrogen and oxygen atoms in total. The molecule has 1 amide bonds. The van der Waals surface area contributed by atoms with Crippen LogP contribution in [0.3, 0.4) is 0 Å². The first-order chi connectivity index (χ1) is 11.5. The molecule has 7 heteroatoms. The number of likely N-dealkylation sites (tertiary alicyclic amines) is 1. The Kier molecular flexibility index (Phi) is 5.16. The first-order valence-corrected chi connectivity index (χ1v) is 8.52. The zero-order valence-corrected chi connectivity index (χ0v) is 14.4. The molecule has 1 saturated heterocycles. The smallest absolute Gasteiger partial charge is 0.228 e. The van der Waals surface area contributed by atoms with E-state index in [2.05, 4.69) is 22.0 Å². The molecule has 2 N–H and O–H groups in total. The molecule has 128 valence electrons. The molecule has 0 bridgehead atoms. The predicted molar refractivity (Wildman–Crippen MR) is 91.4 cm³/mol. The lowest BCUT2D eigenvalue weighted by Crippen LogP contribution is -2.46. The van der Waals surface area contributed by atoms with Crippen molar-refractivity contribution < 1.29 is 9.32 Å². The first-order valence-electron chi connectivity index (χ1n) is 8.15. The van der Waals surface area contributed by atoms with E-state index in [0.29, 0.717) is 35.7 Å². The molecule has 0 unspecified atom stereocenters. The standard InChI is InChI=1S/C17H21ClN4O2/c1-11-5-6-13(16(19)23)10-22(11)8-7-15-20-17(21-24-15)12-3-2-4-14(18)9-12/h2-4,9,11,13H,5-8,10H2,1H3,(H2,19,23)/t11-,13-/m1/s1. The number of piperidine rings is 1. The molecule has 1 aromatic carbocycles. The molecular weight excluding hydrogens is 328 g/mol. The summed E-state index contributed by atoms with van der Waals surface area (Å²) in [6.45, 7) is 3.64. The summed E-state index contributed by atoms with van der Waals surface area (Å²) >= 11 is 5.99. The van der Waals surface area contributed by atoms with E-state index in [1.54, 1.807) is 12.1 Å². The number of carbonyl (C=O) groups is 1. The SMILES string of the molecule is C[C@@H]1CC[C@@H](C(N)=O)CN1CCc1nc(-c2cccc(Cl)c2)no1. The Labute approximate surface area is 146 Å². The number of amides is 1. The first kappa shape index (κ1) is 16.9. The fourth-order valence-corrected chi connectivity index (χ4v) is 3.25. The summed E-state index contributed by atoms with van der Waals surface area (Å²) in [5.74, 6) is 0.839. The number of hydrogen-bond donors (Lipinski definition) is 1. The number of benzene rings is 1. The zero-order chi connectivity index (χ0) is 17.1. The van der Waals surface area contributed by atoms with E-state index in [1.807, 2.05) is 12.1 Å². The van der Waals surface area contributed by atoms with Crippen LogP contribution in [0.25, 0.3) is 11.4 Å². The van der Waals surface area contributed by atoms with Gasteiger partial charge in [0.1, 0.15) is 0 Å². The van der Waals surface area contributed by atoms with E-state index in [1.165, 1.54) is 0 Å². The van der Waals surface area contributed by atoms with Crippen molar-refractivity contribution in [3.05, 3.63) is 35.2 Å². The van der Waals surface area contributed by atoms with Gasteiger partial charge in [-0.3, -0.25) is 9.69 Å². The lowest BCUT2D eigenvalue weighted by Gasteiger charge is -2.36. The number of halogens is 1. The van der Waals surface area contributed by atoms with Crippen LogP contribution >= 0.6 is 11.6 Å². The molecule has 1 aromatic heterocycles. The van der Waals surface area contributed by atoms with E-state index >= 15 is 0 Å². The van der Waals surface area contributed by atoms with Gasteiger partial charge in [-0.15, -0.1) is 0 Å². The van der Waals surface area contributed by atoms with Crippen molar-refractivity contribution in [2.45, 2.75) is 32.2 Å². The highest BCUT2D eigenvalue weighted by Gasteiger charge is 2.28. The molecule has 2 atom stereocenters. The van der Waals surface area contributed by atoms with Gasteiger partial charge >= 0.3 is 0 Å². The molecule has 0 saturated carbocycles. The van der Waals surface area contributed by atoms with Gasteiger partial charge in [0.2, 0.25) is 17.6 Å². The normalized spacial score (nSPS) is 21.8. The van der Waals surface area contributed by atoms with E-state index in [0.717, 1.165) is 24.9 Å². The lowest BCUT2D eigenvalue weighted by molar-refractivity contribution is -0.123. The van der Waals surface area contributed by atoms with Gasteiger partial charge in [0, 0.05) is 36.1 Å². The minimum atomic E-state index is -0.215. The topological polar surface area (TPSA) is 85.3 Å². The molecular formula is C17H21ClN4O2. The van der Waals surface area contributed by atoms with Crippen molar-refractivity contribution in [1.29, 1.82) is 0 Å². The quantitative estimate of drug-likeness (QED) is 0.897. The maximum Gasteiger partial charge on any atom is 0.228 e. The van der Waals surface area contributed by atoms with Crippen molar-refractivity contribution in [3.8, 4) is 11.4 Å². The molecule has 2 heterocycles. The summed E-state index contributed by atoms with van der Waals surface area (Å²) in [7, 11) is 0. The second kappa shape index (κ2) is 7.32. The highest BCUT2D eigenvalue weighted by Crippen LogP contribution is 2.23. The minimum absolute atomic E-state index is 0.0640. The van der Waals surface area contributed by atoms with Crippen molar-refractivity contribution in [2.75, 3.05) is 13.1 Å². The lowest BCUT2D eigenvalue weighted by atomic mass is 9.93. The maximum absolute atomic E-state index is 11.4. The molecule has 0 aliphatic carbocycles. The molecule has 24 heavy (non-hydrogen) atoms. The number of carbonyl (C=O) groups excluding carboxylic acids is 1. The Morgan fingerprint density at radius 1 is 1.46 bits per heavy atom. The Hall–Kier alpha value is -1.92. The maximum atomic E-state index is 11.4.